The number of benzene rings is 2. The van der Waals surface area contributed by atoms with Crippen LogP contribution in [0.5, 0.6) is 5.75 Å². The first-order valence-corrected chi connectivity index (χ1v) is 7.11. The predicted molar refractivity (Wildman–Crippen MR) is 85.2 cm³/mol. The van der Waals surface area contributed by atoms with Crippen molar-refractivity contribution in [3.8, 4) is 5.75 Å². The molecular weight excluding hydrogens is 260 g/mol. The van der Waals surface area contributed by atoms with Crippen LogP contribution in [0.2, 0.25) is 0 Å². The molecule has 2 aromatic carbocycles. The topological polar surface area (TPSA) is 48.1 Å². The van der Waals surface area contributed by atoms with Crippen LogP contribution < -0.4 is 10.5 Å². The molecule has 0 amide bonds. The molecule has 0 fully saturated rings. The fourth-order valence-corrected chi connectivity index (χ4v) is 2.30. The SMILES string of the molecule is NC(CCOc1ccccc1)c1ccc2cccnc2c1. The highest BCUT2D eigenvalue weighted by Crippen LogP contribution is 2.20. The van der Waals surface area contributed by atoms with E-state index in [1.807, 2.05) is 36.4 Å². The maximum atomic E-state index is 6.24. The van der Waals surface area contributed by atoms with Crippen molar-refractivity contribution in [3.05, 3.63) is 72.4 Å². The molecule has 0 bridgehead atoms. The molecule has 0 saturated heterocycles. The Balaban J connectivity index is 1.62. The van der Waals surface area contributed by atoms with Crippen LogP contribution in [0.4, 0.5) is 0 Å². The fourth-order valence-electron chi connectivity index (χ4n) is 2.30. The van der Waals surface area contributed by atoms with Gasteiger partial charge in [-0.25, -0.2) is 0 Å². The van der Waals surface area contributed by atoms with Crippen molar-refractivity contribution in [3.63, 3.8) is 0 Å². The second kappa shape index (κ2) is 6.37. The predicted octanol–water partition coefficient (Wildman–Crippen LogP) is 3.70. The number of hydrogen-bond acceptors (Lipinski definition) is 3. The number of para-hydroxylation sites is 1. The molecule has 1 heterocycles. The molecule has 2 N–H and O–H groups in total. The van der Waals surface area contributed by atoms with Gasteiger partial charge >= 0.3 is 0 Å². The number of ether oxygens (including phenoxy) is 1. The van der Waals surface area contributed by atoms with Gasteiger partial charge in [0.25, 0.3) is 0 Å². The van der Waals surface area contributed by atoms with Crippen molar-refractivity contribution in [2.45, 2.75) is 12.5 Å². The van der Waals surface area contributed by atoms with Crippen LogP contribution in [0.15, 0.2) is 66.9 Å². The van der Waals surface area contributed by atoms with E-state index in [0.29, 0.717) is 6.61 Å². The van der Waals surface area contributed by atoms with Gasteiger partial charge in [-0.15, -0.1) is 0 Å². The highest BCUT2D eigenvalue weighted by molar-refractivity contribution is 5.78. The summed E-state index contributed by atoms with van der Waals surface area (Å²) in [7, 11) is 0. The van der Waals surface area contributed by atoms with Crippen LogP contribution in [-0.4, -0.2) is 11.6 Å². The monoisotopic (exact) mass is 278 g/mol. The minimum absolute atomic E-state index is 0.0416. The molecule has 1 atom stereocenters. The van der Waals surface area contributed by atoms with Crippen molar-refractivity contribution in [1.82, 2.24) is 4.98 Å². The average Bonchev–Trinajstić information content (AvgIpc) is 2.55. The standard InChI is InChI=1S/C18H18N2O/c19-17(10-12-21-16-6-2-1-3-7-16)15-9-8-14-5-4-11-20-18(14)13-15/h1-9,11,13,17H,10,12,19H2. The van der Waals surface area contributed by atoms with Crippen LogP contribution in [0.3, 0.4) is 0 Å². The maximum Gasteiger partial charge on any atom is 0.119 e. The Bertz CT molecular complexity index is 712. The summed E-state index contributed by atoms with van der Waals surface area (Å²) in [5.41, 5.74) is 8.32. The molecule has 3 nitrogen and oxygen atoms in total. The summed E-state index contributed by atoms with van der Waals surface area (Å²) in [4.78, 5) is 4.37. The Labute approximate surface area is 124 Å². The zero-order valence-electron chi connectivity index (χ0n) is 11.8. The van der Waals surface area contributed by atoms with Crippen molar-refractivity contribution < 1.29 is 4.74 Å². The Kier molecular flexibility index (Phi) is 4.12. The van der Waals surface area contributed by atoms with Crippen LogP contribution in [-0.2, 0) is 0 Å². The van der Waals surface area contributed by atoms with Crippen molar-refractivity contribution in [2.24, 2.45) is 5.73 Å². The molecule has 106 valence electrons. The molecule has 0 radical (unpaired) electrons. The molecular formula is C18H18N2O. The van der Waals surface area contributed by atoms with Crippen molar-refractivity contribution in [1.29, 1.82) is 0 Å². The molecule has 1 unspecified atom stereocenters. The van der Waals surface area contributed by atoms with Gasteiger partial charge in [-0.2, -0.15) is 0 Å². The number of fused-ring (bicyclic) bond motifs is 1. The number of hydrogen-bond donors (Lipinski definition) is 1. The fraction of sp³-hybridized carbons (Fsp3) is 0.167. The molecule has 0 saturated carbocycles. The Morgan fingerprint density at radius 2 is 1.86 bits per heavy atom. The molecule has 21 heavy (non-hydrogen) atoms. The second-order valence-electron chi connectivity index (χ2n) is 5.01. The number of aromatic nitrogens is 1. The quantitative estimate of drug-likeness (QED) is 0.774. The lowest BCUT2D eigenvalue weighted by atomic mass is 10.0. The first-order chi connectivity index (χ1) is 10.3. The largest absolute Gasteiger partial charge is 0.494 e. The van der Waals surface area contributed by atoms with Crippen molar-refractivity contribution >= 4 is 10.9 Å². The number of nitrogens with zero attached hydrogens (tertiary/aromatic N) is 1. The van der Waals surface area contributed by atoms with Crippen LogP contribution in [0.1, 0.15) is 18.0 Å². The number of nitrogens with two attached hydrogens (primary N) is 1. The Hall–Kier alpha value is -2.39. The van der Waals surface area contributed by atoms with Gasteiger partial charge in [-0.05, 0) is 29.8 Å². The lowest BCUT2D eigenvalue weighted by Gasteiger charge is -2.13. The Morgan fingerprint density at radius 3 is 2.71 bits per heavy atom. The van der Waals surface area contributed by atoms with Gasteiger partial charge in [0, 0.05) is 24.0 Å². The average molecular weight is 278 g/mol. The minimum atomic E-state index is -0.0416. The molecule has 0 spiro atoms. The molecule has 1 aromatic heterocycles. The van der Waals surface area contributed by atoms with Gasteiger partial charge in [0.2, 0.25) is 0 Å². The normalized spacial score (nSPS) is 12.2. The summed E-state index contributed by atoms with van der Waals surface area (Å²) in [6, 6.07) is 19.9. The third-order valence-corrected chi connectivity index (χ3v) is 3.50. The summed E-state index contributed by atoms with van der Waals surface area (Å²) in [5, 5.41) is 1.13. The molecule has 3 aromatic rings. The van der Waals surface area contributed by atoms with Gasteiger partial charge in [0.05, 0.1) is 12.1 Å². The third-order valence-electron chi connectivity index (χ3n) is 3.50. The highest BCUT2D eigenvalue weighted by Gasteiger charge is 2.07. The second-order valence-corrected chi connectivity index (χ2v) is 5.01. The van der Waals surface area contributed by atoms with E-state index in [0.717, 1.165) is 28.6 Å². The summed E-state index contributed by atoms with van der Waals surface area (Å²) in [5.74, 6) is 0.880. The van der Waals surface area contributed by atoms with Gasteiger partial charge in [0.1, 0.15) is 5.75 Å². The van der Waals surface area contributed by atoms with E-state index in [4.69, 9.17) is 10.5 Å². The van der Waals surface area contributed by atoms with Crippen molar-refractivity contribution in [2.75, 3.05) is 6.61 Å². The highest BCUT2D eigenvalue weighted by atomic mass is 16.5. The van der Waals surface area contributed by atoms with Crippen LogP contribution in [0.25, 0.3) is 10.9 Å². The van der Waals surface area contributed by atoms with E-state index >= 15 is 0 Å². The van der Waals surface area contributed by atoms with Crippen LogP contribution >= 0.6 is 0 Å². The molecule has 3 heteroatoms. The van der Waals surface area contributed by atoms with Crippen LogP contribution in [0, 0.1) is 0 Å². The first kappa shape index (κ1) is 13.6. The molecule has 0 aliphatic carbocycles. The maximum absolute atomic E-state index is 6.24. The van der Waals surface area contributed by atoms with Gasteiger partial charge in [0.15, 0.2) is 0 Å². The molecule has 0 aliphatic heterocycles. The zero-order valence-corrected chi connectivity index (χ0v) is 11.8. The lowest BCUT2D eigenvalue weighted by molar-refractivity contribution is 0.298. The zero-order chi connectivity index (χ0) is 14.5. The summed E-state index contributed by atoms with van der Waals surface area (Å²) in [6.07, 6.45) is 2.57. The van der Waals surface area contributed by atoms with E-state index in [1.165, 1.54) is 0 Å². The lowest BCUT2D eigenvalue weighted by Crippen LogP contribution is -2.14. The van der Waals surface area contributed by atoms with Gasteiger partial charge in [-0.1, -0.05) is 36.4 Å². The van der Waals surface area contributed by atoms with E-state index in [-0.39, 0.29) is 6.04 Å². The summed E-state index contributed by atoms with van der Waals surface area (Å²) >= 11 is 0. The first-order valence-electron chi connectivity index (χ1n) is 7.11. The van der Waals surface area contributed by atoms with E-state index in [1.54, 1.807) is 6.20 Å². The van der Waals surface area contributed by atoms with E-state index < -0.39 is 0 Å². The van der Waals surface area contributed by atoms with Gasteiger partial charge < -0.3 is 10.5 Å². The summed E-state index contributed by atoms with van der Waals surface area (Å²) < 4.78 is 5.69. The number of rotatable bonds is 5. The van der Waals surface area contributed by atoms with E-state index in [2.05, 4.69) is 29.2 Å². The molecule has 0 aliphatic rings. The van der Waals surface area contributed by atoms with Gasteiger partial charge in [-0.3, -0.25) is 4.98 Å². The van der Waals surface area contributed by atoms with E-state index in [9.17, 15) is 0 Å². The summed E-state index contributed by atoms with van der Waals surface area (Å²) in [6.45, 7) is 0.603. The smallest absolute Gasteiger partial charge is 0.119 e. The number of pyridine rings is 1. The minimum Gasteiger partial charge on any atom is -0.494 e. The Morgan fingerprint density at radius 1 is 1.00 bits per heavy atom. The third kappa shape index (κ3) is 3.38. The molecule has 3 rings (SSSR count).